The SMILES string of the molecule is CCCCCCCOC(=O)C(C)C(=O)CN. The Balaban J connectivity index is 3.54. The van der Waals surface area contributed by atoms with Crippen LogP contribution in [-0.2, 0) is 14.3 Å². The van der Waals surface area contributed by atoms with Crippen LogP contribution in [0.25, 0.3) is 0 Å². The standard InChI is InChI=1S/C12H23NO3/c1-3-4-5-6-7-8-16-12(15)10(2)11(14)9-13/h10H,3-9,13H2,1-2H3. The number of unbranched alkanes of at least 4 members (excludes halogenated alkanes) is 4. The Morgan fingerprint density at radius 1 is 1.19 bits per heavy atom. The second-order valence-corrected chi connectivity index (χ2v) is 3.97. The van der Waals surface area contributed by atoms with Gasteiger partial charge in [-0.2, -0.15) is 0 Å². The van der Waals surface area contributed by atoms with Gasteiger partial charge in [0, 0.05) is 0 Å². The molecule has 0 spiro atoms. The molecule has 2 N–H and O–H groups in total. The number of ketones is 1. The minimum Gasteiger partial charge on any atom is -0.465 e. The summed E-state index contributed by atoms with van der Waals surface area (Å²) in [4.78, 5) is 22.4. The van der Waals surface area contributed by atoms with Crippen molar-refractivity contribution >= 4 is 11.8 Å². The highest BCUT2D eigenvalue weighted by atomic mass is 16.5. The van der Waals surface area contributed by atoms with Crippen molar-refractivity contribution in [3.8, 4) is 0 Å². The van der Waals surface area contributed by atoms with Crippen LogP contribution < -0.4 is 5.73 Å². The van der Waals surface area contributed by atoms with Crippen molar-refractivity contribution in [2.45, 2.75) is 46.0 Å². The molecule has 1 unspecified atom stereocenters. The summed E-state index contributed by atoms with van der Waals surface area (Å²) in [5.74, 6) is -1.44. The molecule has 0 heterocycles. The molecule has 0 fully saturated rings. The van der Waals surface area contributed by atoms with Crippen LogP contribution in [0.5, 0.6) is 0 Å². The molecular weight excluding hydrogens is 206 g/mol. The highest BCUT2D eigenvalue weighted by Gasteiger charge is 2.20. The predicted octanol–water partition coefficient (Wildman–Crippen LogP) is 1.66. The molecule has 16 heavy (non-hydrogen) atoms. The lowest BCUT2D eigenvalue weighted by Gasteiger charge is -2.09. The zero-order valence-corrected chi connectivity index (χ0v) is 10.3. The molecule has 0 aliphatic carbocycles. The van der Waals surface area contributed by atoms with Gasteiger partial charge in [-0.05, 0) is 13.3 Å². The molecule has 0 aromatic carbocycles. The van der Waals surface area contributed by atoms with E-state index < -0.39 is 11.9 Å². The largest absolute Gasteiger partial charge is 0.465 e. The number of Topliss-reactive ketones (excluding diaryl/α,β-unsaturated/α-hetero) is 1. The first-order valence-electron chi connectivity index (χ1n) is 6.02. The number of nitrogens with two attached hydrogens (primary N) is 1. The third kappa shape index (κ3) is 6.56. The first-order chi connectivity index (χ1) is 7.63. The van der Waals surface area contributed by atoms with Crippen LogP contribution in [0.15, 0.2) is 0 Å². The third-order valence-electron chi connectivity index (χ3n) is 2.53. The van der Waals surface area contributed by atoms with Crippen molar-refractivity contribution in [3.05, 3.63) is 0 Å². The summed E-state index contributed by atoms with van der Waals surface area (Å²) in [6.45, 7) is 3.99. The Kier molecular flexibility index (Phi) is 8.81. The van der Waals surface area contributed by atoms with E-state index in [0.717, 1.165) is 12.8 Å². The van der Waals surface area contributed by atoms with Gasteiger partial charge in [0.25, 0.3) is 0 Å². The van der Waals surface area contributed by atoms with Gasteiger partial charge in [-0.3, -0.25) is 9.59 Å². The minimum atomic E-state index is -0.722. The highest BCUT2D eigenvalue weighted by molar-refractivity contribution is 5.99. The molecule has 4 heteroatoms. The summed E-state index contributed by atoms with van der Waals surface area (Å²) in [6.07, 6.45) is 5.53. The fourth-order valence-corrected chi connectivity index (χ4v) is 1.31. The zero-order chi connectivity index (χ0) is 12.4. The van der Waals surface area contributed by atoms with E-state index in [-0.39, 0.29) is 12.3 Å². The van der Waals surface area contributed by atoms with Gasteiger partial charge in [-0.1, -0.05) is 32.6 Å². The summed E-state index contributed by atoms with van der Waals surface area (Å²) in [5, 5.41) is 0. The second-order valence-electron chi connectivity index (χ2n) is 3.97. The molecule has 0 aromatic rings. The maximum absolute atomic E-state index is 11.3. The van der Waals surface area contributed by atoms with Crippen LogP contribution in [0, 0.1) is 5.92 Å². The Labute approximate surface area is 97.5 Å². The third-order valence-corrected chi connectivity index (χ3v) is 2.53. The first-order valence-corrected chi connectivity index (χ1v) is 6.02. The van der Waals surface area contributed by atoms with Crippen LogP contribution in [0.3, 0.4) is 0 Å². The van der Waals surface area contributed by atoms with Gasteiger partial charge in [0.2, 0.25) is 0 Å². The number of carbonyl (C=O) groups is 2. The van der Waals surface area contributed by atoms with Crippen LogP contribution in [-0.4, -0.2) is 24.9 Å². The monoisotopic (exact) mass is 229 g/mol. The molecule has 0 rings (SSSR count). The van der Waals surface area contributed by atoms with Crippen molar-refractivity contribution in [2.24, 2.45) is 11.7 Å². The molecule has 0 amide bonds. The smallest absolute Gasteiger partial charge is 0.316 e. The van der Waals surface area contributed by atoms with E-state index in [1.165, 1.54) is 26.2 Å². The molecule has 0 bridgehead atoms. The van der Waals surface area contributed by atoms with Gasteiger partial charge >= 0.3 is 5.97 Å². The number of carbonyl (C=O) groups excluding carboxylic acids is 2. The van der Waals surface area contributed by atoms with E-state index in [4.69, 9.17) is 10.5 Å². The van der Waals surface area contributed by atoms with E-state index >= 15 is 0 Å². The number of esters is 1. The molecule has 0 aliphatic rings. The predicted molar refractivity (Wildman–Crippen MR) is 62.9 cm³/mol. The van der Waals surface area contributed by atoms with E-state index in [1.807, 2.05) is 0 Å². The molecule has 0 saturated carbocycles. The second kappa shape index (κ2) is 9.33. The summed E-state index contributed by atoms with van der Waals surface area (Å²) in [5.41, 5.74) is 5.16. The number of hydrogen-bond acceptors (Lipinski definition) is 4. The summed E-state index contributed by atoms with van der Waals surface area (Å²) in [6, 6.07) is 0. The van der Waals surface area contributed by atoms with Crippen LogP contribution >= 0.6 is 0 Å². The summed E-state index contributed by atoms with van der Waals surface area (Å²) >= 11 is 0. The average Bonchev–Trinajstić information content (AvgIpc) is 2.31. The van der Waals surface area contributed by atoms with Gasteiger partial charge in [0.15, 0.2) is 5.78 Å². The van der Waals surface area contributed by atoms with Gasteiger partial charge in [-0.25, -0.2) is 0 Å². The average molecular weight is 229 g/mol. The fraction of sp³-hybridized carbons (Fsp3) is 0.833. The Hall–Kier alpha value is -0.900. The quantitative estimate of drug-likeness (QED) is 0.371. The Bertz CT molecular complexity index is 216. The minimum absolute atomic E-state index is 0.104. The first kappa shape index (κ1) is 15.1. The van der Waals surface area contributed by atoms with E-state index in [9.17, 15) is 9.59 Å². The van der Waals surface area contributed by atoms with Crippen molar-refractivity contribution in [3.63, 3.8) is 0 Å². The number of rotatable bonds is 9. The lowest BCUT2D eigenvalue weighted by atomic mass is 10.1. The maximum atomic E-state index is 11.3. The van der Waals surface area contributed by atoms with Gasteiger partial charge in [0.1, 0.15) is 5.92 Å². The van der Waals surface area contributed by atoms with Crippen molar-refractivity contribution in [1.29, 1.82) is 0 Å². The zero-order valence-electron chi connectivity index (χ0n) is 10.3. The summed E-state index contributed by atoms with van der Waals surface area (Å²) < 4.78 is 4.99. The van der Waals surface area contributed by atoms with Gasteiger partial charge < -0.3 is 10.5 Å². The molecule has 94 valence electrons. The van der Waals surface area contributed by atoms with E-state index in [1.54, 1.807) is 0 Å². The van der Waals surface area contributed by atoms with Crippen molar-refractivity contribution < 1.29 is 14.3 Å². The number of ether oxygens (including phenoxy) is 1. The Morgan fingerprint density at radius 2 is 1.81 bits per heavy atom. The Morgan fingerprint density at radius 3 is 2.38 bits per heavy atom. The van der Waals surface area contributed by atoms with E-state index in [2.05, 4.69) is 6.92 Å². The van der Waals surface area contributed by atoms with Crippen molar-refractivity contribution in [1.82, 2.24) is 0 Å². The topological polar surface area (TPSA) is 69.4 Å². The molecule has 0 saturated heterocycles. The van der Waals surface area contributed by atoms with Crippen LogP contribution in [0.1, 0.15) is 46.0 Å². The maximum Gasteiger partial charge on any atom is 0.316 e. The fourth-order valence-electron chi connectivity index (χ4n) is 1.31. The van der Waals surface area contributed by atoms with E-state index in [0.29, 0.717) is 6.61 Å². The molecule has 0 radical (unpaired) electrons. The number of hydrogen-bond donors (Lipinski definition) is 1. The molecular formula is C12H23NO3. The lowest BCUT2D eigenvalue weighted by molar-refractivity contribution is -0.151. The summed E-state index contributed by atoms with van der Waals surface area (Å²) in [7, 11) is 0. The molecule has 1 atom stereocenters. The molecule has 4 nitrogen and oxygen atoms in total. The normalized spacial score (nSPS) is 12.2. The van der Waals surface area contributed by atoms with Crippen LogP contribution in [0.4, 0.5) is 0 Å². The van der Waals surface area contributed by atoms with Crippen LogP contribution in [0.2, 0.25) is 0 Å². The van der Waals surface area contributed by atoms with Crippen molar-refractivity contribution in [2.75, 3.05) is 13.2 Å². The van der Waals surface area contributed by atoms with Gasteiger partial charge in [-0.15, -0.1) is 0 Å². The highest BCUT2D eigenvalue weighted by Crippen LogP contribution is 2.04. The molecule has 0 aromatic heterocycles. The lowest BCUT2D eigenvalue weighted by Crippen LogP contribution is -2.29. The molecule has 0 aliphatic heterocycles. The van der Waals surface area contributed by atoms with Gasteiger partial charge in [0.05, 0.1) is 13.2 Å².